The van der Waals surface area contributed by atoms with Gasteiger partial charge in [-0.25, -0.2) is 0 Å². The minimum atomic E-state index is -0.731. The fourth-order valence-electron chi connectivity index (χ4n) is 4.98. The number of carbonyl (C=O) groups is 2. The van der Waals surface area contributed by atoms with E-state index in [9.17, 15) is 19.6 Å². The number of unbranched alkanes of at least 4 members (excludes halogenated alkanes) is 7. The van der Waals surface area contributed by atoms with Crippen LogP contribution in [-0.2, 0) is 20.9 Å². The van der Waals surface area contributed by atoms with Crippen LogP contribution in [0.15, 0.2) is 9.70 Å². The van der Waals surface area contributed by atoms with Crippen molar-refractivity contribution in [2.45, 2.75) is 78.2 Å². The summed E-state index contributed by atoms with van der Waals surface area (Å²) in [6.45, 7) is 6.95. The number of rotatable bonds is 14. The van der Waals surface area contributed by atoms with Crippen LogP contribution in [0.5, 0.6) is 0 Å². The van der Waals surface area contributed by atoms with E-state index in [0.29, 0.717) is 59.7 Å². The number of carboxylic acids is 1. The number of carbonyl (C=O) groups excluding carboxylic acids is 1. The Morgan fingerprint density at radius 1 is 1.10 bits per heavy atom. The normalized spacial score (nSPS) is 16.8. The van der Waals surface area contributed by atoms with Crippen LogP contribution in [0, 0.1) is 18.3 Å². The van der Waals surface area contributed by atoms with E-state index in [1.165, 1.54) is 11.8 Å². The van der Waals surface area contributed by atoms with E-state index in [1.807, 2.05) is 6.92 Å². The highest BCUT2D eigenvalue weighted by Crippen LogP contribution is 2.36. The van der Waals surface area contributed by atoms with Crippen molar-refractivity contribution >= 4 is 52.1 Å². The third-order valence-electron chi connectivity index (χ3n) is 7.14. The van der Waals surface area contributed by atoms with Gasteiger partial charge in [-0.1, -0.05) is 62.5 Å². The van der Waals surface area contributed by atoms with Gasteiger partial charge in [-0.2, -0.15) is 5.26 Å². The molecule has 3 heterocycles. The zero-order valence-electron chi connectivity index (χ0n) is 22.9. The second-order valence-electron chi connectivity index (χ2n) is 9.80. The molecule has 39 heavy (non-hydrogen) atoms. The lowest BCUT2D eigenvalue weighted by molar-refractivity contribution is -0.137. The molecule has 1 aromatic heterocycles. The first kappa shape index (κ1) is 30.9. The van der Waals surface area contributed by atoms with Gasteiger partial charge < -0.3 is 14.7 Å². The molecule has 0 radical (unpaired) electrons. The van der Waals surface area contributed by atoms with Crippen molar-refractivity contribution < 1.29 is 19.4 Å². The van der Waals surface area contributed by atoms with E-state index in [0.717, 1.165) is 57.2 Å². The maximum absolute atomic E-state index is 13.3. The van der Waals surface area contributed by atoms with E-state index in [-0.39, 0.29) is 23.5 Å². The molecule has 2 aliphatic heterocycles. The molecular formula is C28H38N4O5S2. The Balaban J connectivity index is 1.68. The van der Waals surface area contributed by atoms with Crippen LogP contribution in [0.1, 0.15) is 81.4 Å². The summed E-state index contributed by atoms with van der Waals surface area (Å²) in [5.74, 6) is -0.149. The Kier molecular flexibility index (Phi) is 12.0. The van der Waals surface area contributed by atoms with E-state index in [4.69, 9.17) is 22.1 Å². The van der Waals surface area contributed by atoms with Gasteiger partial charge in [-0.05, 0) is 38.3 Å². The molecule has 3 rings (SSSR count). The molecule has 2 aliphatic rings. The van der Waals surface area contributed by atoms with E-state index in [1.54, 1.807) is 22.5 Å². The highest BCUT2D eigenvalue weighted by molar-refractivity contribution is 8.26. The maximum Gasteiger partial charge on any atom is 0.303 e. The van der Waals surface area contributed by atoms with Crippen molar-refractivity contribution in [1.82, 2.24) is 9.47 Å². The lowest BCUT2D eigenvalue weighted by atomic mass is 10.0. The summed E-state index contributed by atoms with van der Waals surface area (Å²) in [5.41, 5.74) is 1.06. The summed E-state index contributed by atoms with van der Waals surface area (Å²) in [5, 5.41) is 18.4. The fourth-order valence-corrected chi connectivity index (χ4v) is 6.27. The third-order valence-corrected chi connectivity index (χ3v) is 8.52. The number of nitrogens with zero attached hydrogens (tertiary/aromatic N) is 4. The Morgan fingerprint density at radius 2 is 1.72 bits per heavy atom. The maximum atomic E-state index is 13.3. The second-order valence-corrected chi connectivity index (χ2v) is 11.5. The van der Waals surface area contributed by atoms with Crippen molar-refractivity contribution in [3.05, 3.63) is 31.9 Å². The molecule has 0 aliphatic carbocycles. The SMILES string of the molecule is CCn1c(N2CCOCC2)c(C=C2SC(=S)N(CCCCCCCCCCC(=O)O)C2=O)c(C)c(C#N)c1=O. The molecule has 2 saturated heterocycles. The first-order valence-electron chi connectivity index (χ1n) is 13.8. The van der Waals surface area contributed by atoms with Crippen LogP contribution >= 0.6 is 24.0 Å². The minimum absolute atomic E-state index is 0.0949. The number of thiocarbonyl (C=S) groups is 1. The molecule has 11 heteroatoms. The van der Waals surface area contributed by atoms with Gasteiger partial charge in [0.15, 0.2) is 0 Å². The average molecular weight is 575 g/mol. The quantitative estimate of drug-likeness (QED) is 0.192. The van der Waals surface area contributed by atoms with Gasteiger partial charge in [0.05, 0.1) is 18.1 Å². The Hall–Kier alpha value is -2.68. The molecule has 0 unspecified atom stereocenters. The number of morpholine rings is 1. The summed E-state index contributed by atoms with van der Waals surface area (Å²) < 4.78 is 7.66. The van der Waals surface area contributed by atoms with Crippen molar-refractivity contribution in [2.75, 3.05) is 37.7 Å². The topological polar surface area (TPSA) is 116 Å². The molecule has 0 aromatic carbocycles. The van der Waals surface area contributed by atoms with E-state index < -0.39 is 5.97 Å². The Morgan fingerprint density at radius 3 is 2.31 bits per heavy atom. The number of amides is 1. The summed E-state index contributed by atoms with van der Waals surface area (Å²) in [6, 6.07) is 2.07. The number of hydrogen-bond acceptors (Lipinski definition) is 8. The highest BCUT2D eigenvalue weighted by Gasteiger charge is 2.33. The number of ether oxygens (including phenoxy) is 1. The predicted octanol–water partition coefficient (Wildman–Crippen LogP) is 4.68. The van der Waals surface area contributed by atoms with E-state index in [2.05, 4.69) is 11.0 Å². The first-order valence-corrected chi connectivity index (χ1v) is 15.0. The van der Waals surface area contributed by atoms with Crippen molar-refractivity contribution in [3.8, 4) is 6.07 Å². The van der Waals surface area contributed by atoms with Crippen LogP contribution in [0.3, 0.4) is 0 Å². The standard InChI is InChI=1S/C28H38N4O5S2/c1-3-31-25(30-14-16-37-17-15-30)21(20(2)22(19-29)26(31)35)18-23-27(36)32(28(38)39-23)13-11-9-7-5-4-6-8-10-12-24(33)34/h18H,3-17H2,1-2H3,(H,33,34). The molecule has 2 fully saturated rings. The van der Waals surface area contributed by atoms with Crippen molar-refractivity contribution in [2.24, 2.45) is 0 Å². The van der Waals surface area contributed by atoms with Crippen molar-refractivity contribution in [1.29, 1.82) is 5.26 Å². The van der Waals surface area contributed by atoms with Crippen LogP contribution in [0.4, 0.5) is 5.82 Å². The van der Waals surface area contributed by atoms with Gasteiger partial charge in [-0.15, -0.1) is 0 Å². The lowest BCUT2D eigenvalue weighted by Gasteiger charge is -2.33. The molecule has 0 bridgehead atoms. The lowest BCUT2D eigenvalue weighted by Crippen LogP contribution is -2.41. The molecule has 1 aromatic rings. The largest absolute Gasteiger partial charge is 0.481 e. The minimum Gasteiger partial charge on any atom is -0.481 e. The van der Waals surface area contributed by atoms with Gasteiger partial charge in [0.25, 0.3) is 11.5 Å². The van der Waals surface area contributed by atoms with Crippen LogP contribution in [-0.4, -0.2) is 63.6 Å². The fraction of sp³-hybridized carbons (Fsp3) is 0.607. The zero-order valence-corrected chi connectivity index (χ0v) is 24.5. The Bertz CT molecular complexity index is 1200. The monoisotopic (exact) mass is 574 g/mol. The second kappa shape index (κ2) is 15.2. The number of pyridine rings is 1. The number of aliphatic carboxylic acids is 1. The zero-order chi connectivity index (χ0) is 28.4. The molecule has 212 valence electrons. The van der Waals surface area contributed by atoms with Gasteiger partial charge in [0.1, 0.15) is 21.8 Å². The molecular weight excluding hydrogens is 536 g/mol. The van der Waals surface area contributed by atoms with Crippen LogP contribution in [0.2, 0.25) is 0 Å². The van der Waals surface area contributed by atoms with E-state index >= 15 is 0 Å². The molecule has 1 amide bonds. The molecule has 0 atom stereocenters. The van der Waals surface area contributed by atoms with Gasteiger partial charge in [-0.3, -0.25) is 23.9 Å². The molecule has 9 nitrogen and oxygen atoms in total. The van der Waals surface area contributed by atoms with Crippen LogP contribution < -0.4 is 10.5 Å². The summed E-state index contributed by atoms with van der Waals surface area (Å²) in [7, 11) is 0. The predicted molar refractivity (Wildman–Crippen MR) is 158 cm³/mol. The smallest absolute Gasteiger partial charge is 0.303 e. The molecule has 0 spiro atoms. The van der Waals surface area contributed by atoms with Gasteiger partial charge in [0, 0.05) is 38.2 Å². The molecule has 0 saturated carbocycles. The summed E-state index contributed by atoms with van der Waals surface area (Å²) in [4.78, 5) is 41.3. The number of thioether (sulfide) groups is 1. The number of aromatic nitrogens is 1. The molecule has 1 N–H and O–H groups in total. The number of anilines is 1. The first-order chi connectivity index (χ1) is 18.8. The van der Waals surface area contributed by atoms with Gasteiger partial charge in [0.2, 0.25) is 0 Å². The van der Waals surface area contributed by atoms with Crippen LogP contribution in [0.25, 0.3) is 6.08 Å². The third kappa shape index (κ3) is 7.93. The summed E-state index contributed by atoms with van der Waals surface area (Å²) >= 11 is 6.82. The summed E-state index contributed by atoms with van der Waals surface area (Å²) in [6.07, 6.45) is 9.91. The average Bonchev–Trinajstić information content (AvgIpc) is 3.18. The Labute approximate surface area is 239 Å². The van der Waals surface area contributed by atoms with Crippen molar-refractivity contribution in [3.63, 3.8) is 0 Å². The highest BCUT2D eigenvalue weighted by atomic mass is 32.2. The number of carboxylic acid groups (broad SMARTS) is 1. The number of hydrogen-bond donors (Lipinski definition) is 1. The van der Waals surface area contributed by atoms with Gasteiger partial charge >= 0.3 is 5.97 Å². The number of nitriles is 1.